The molecule has 0 aromatic carbocycles. The second-order valence-electron chi connectivity index (χ2n) is 6.00. The second-order valence-corrected chi connectivity index (χ2v) is 6.00. The first-order chi connectivity index (χ1) is 10.9. The lowest BCUT2D eigenvalue weighted by atomic mass is 10.0. The zero-order valence-electron chi connectivity index (χ0n) is 13.8. The van der Waals surface area contributed by atoms with Crippen LogP contribution < -0.4 is 5.32 Å². The molecule has 0 spiro atoms. The number of rotatable bonds is 5. The summed E-state index contributed by atoms with van der Waals surface area (Å²) in [6.07, 6.45) is 6.93. The third-order valence-corrected chi connectivity index (χ3v) is 4.36. The molecule has 1 fully saturated rings. The van der Waals surface area contributed by atoms with Gasteiger partial charge in [-0.05, 0) is 38.8 Å². The third kappa shape index (κ3) is 3.86. The fourth-order valence-electron chi connectivity index (χ4n) is 2.90. The molecule has 1 atom stereocenters. The SMILES string of the molecule is Cc1nn(C)c(C)c1/C=C/C(=O)[C@H](C#N)C(=O)NC1CCCC1. The van der Waals surface area contributed by atoms with Crippen molar-refractivity contribution in [3.63, 3.8) is 0 Å². The Hall–Kier alpha value is -2.42. The number of aromatic nitrogens is 2. The zero-order valence-corrected chi connectivity index (χ0v) is 13.8. The first-order valence-electron chi connectivity index (χ1n) is 7.86. The fourth-order valence-corrected chi connectivity index (χ4v) is 2.90. The highest BCUT2D eigenvalue weighted by molar-refractivity contribution is 6.10. The lowest BCUT2D eigenvalue weighted by Gasteiger charge is -2.13. The van der Waals surface area contributed by atoms with Crippen LogP contribution in [0.3, 0.4) is 0 Å². The summed E-state index contributed by atoms with van der Waals surface area (Å²) < 4.78 is 1.73. The number of nitriles is 1. The van der Waals surface area contributed by atoms with Gasteiger partial charge >= 0.3 is 0 Å². The van der Waals surface area contributed by atoms with Crippen LogP contribution in [0.25, 0.3) is 6.08 Å². The highest BCUT2D eigenvalue weighted by Crippen LogP contribution is 2.18. The maximum Gasteiger partial charge on any atom is 0.245 e. The van der Waals surface area contributed by atoms with Gasteiger partial charge in [-0.1, -0.05) is 12.8 Å². The lowest BCUT2D eigenvalue weighted by Crippen LogP contribution is -2.39. The number of amides is 1. The van der Waals surface area contributed by atoms with Crippen molar-refractivity contribution in [2.45, 2.75) is 45.6 Å². The summed E-state index contributed by atoms with van der Waals surface area (Å²) >= 11 is 0. The minimum atomic E-state index is -1.29. The number of allylic oxidation sites excluding steroid dienone is 1. The number of aryl methyl sites for hydroxylation is 2. The molecule has 1 aliphatic carbocycles. The van der Waals surface area contributed by atoms with Crippen LogP contribution in [0.5, 0.6) is 0 Å². The Balaban J connectivity index is 2.06. The first kappa shape index (κ1) is 16.9. The number of hydrogen-bond acceptors (Lipinski definition) is 4. The van der Waals surface area contributed by atoms with Gasteiger partial charge in [0.25, 0.3) is 0 Å². The number of carbonyl (C=O) groups excluding carboxylic acids is 2. The number of ketones is 1. The summed E-state index contributed by atoms with van der Waals surface area (Å²) in [5.41, 5.74) is 2.57. The smallest absolute Gasteiger partial charge is 0.245 e. The molecule has 0 unspecified atom stereocenters. The molecule has 23 heavy (non-hydrogen) atoms. The quantitative estimate of drug-likeness (QED) is 0.663. The molecule has 6 nitrogen and oxygen atoms in total. The number of nitrogens with zero attached hydrogens (tertiary/aromatic N) is 3. The lowest BCUT2D eigenvalue weighted by molar-refractivity contribution is -0.129. The minimum absolute atomic E-state index is 0.0953. The van der Waals surface area contributed by atoms with Gasteiger partial charge in [0.1, 0.15) is 0 Å². The summed E-state index contributed by atoms with van der Waals surface area (Å²) in [5, 5.41) is 16.2. The molecule has 1 saturated carbocycles. The van der Waals surface area contributed by atoms with Crippen LogP contribution >= 0.6 is 0 Å². The van der Waals surface area contributed by atoms with Crippen molar-refractivity contribution in [1.82, 2.24) is 15.1 Å². The predicted molar refractivity (Wildman–Crippen MR) is 86.2 cm³/mol. The summed E-state index contributed by atoms with van der Waals surface area (Å²) in [5.74, 6) is -2.27. The standard InChI is InChI=1S/C17H22N4O2/c1-11-14(12(2)21(3)20-11)8-9-16(22)15(10-18)17(23)19-13-6-4-5-7-13/h8-9,13,15H,4-7H2,1-3H3,(H,19,23)/b9-8+/t15-/m0/s1. The van der Waals surface area contributed by atoms with Gasteiger partial charge in [0.2, 0.25) is 5.91 Å². The monoisotopic (exact) mass is 314 g/mol. The summed E-state index contributed by atoms with van der Waals surface area (Å²) in [7, 11) is 1.83. The van der Waals surface area contributed by atoms with Crippen molar-refractivity contribution in [1.29, 1.82) is 5.26 Å². The number of hydrogen-bond donors (Lipinski definition) is 1. The van der Waals surface area contributed by atoms with E-state index in [1.165, 1.54) is 6.08 Å². The molecule has 1 amide bonds. The second kappa shape index (κ2) is 7.23. The summed E-state index contributed by atoms with van der Waals surface area (Å²) in [6.45, 7) is 3.75. The molecule has 0 bridgehead atoms. The Kier molecular flexibility index (Phi) is 5.32. The molecule has 122 valence electrons. The minimum Gasteiger partial charge on any atom is -0.352 e. The average molecular weight is 314 g/mol. The Labute approximate surface area is 136 Å². The van der Waals surface area contributed by atoms with E-state index in [-0.39, 0.29) is 6.04 Å². The van der Waals surface area contributed by atoms with Gasteiger partial charge in [0, 0.05) is 24.3 Å². The molecule has 0 saturated heterocycles. The molecule has 1 heterocycles. The van der Waals surface area contributed by atoms with Crippen LogP contribution in [0.2, 0.25) is 0 Å². The van der Waals surface area contributed by atoms with E-state index in [0.717, 1.165) is 42.6 Å². The van der Waals surface area contributed by atoms with Crippen molar-refractivity contribution in [3.8, 4) is 6.07 Å². The van der Waals surface area contributed by atoms with Gasteiger partial charge in [0.15, 0.2) is 11.7 Å². The van der Waals surface area contributed by atoms with Gasteiger partial charge < -0.3 is 5.32 Å². The van der Waals surface area contributed by atoms with Gasteiger partial charge in [-0.25, -0.2) is 0 Å². The molecule has 6 heteroatoms. The topological polar surface area (TPSA) is 87.8 Å². The van der Waals surface area contributed by atoms with E-state index in [2.05, 4.69) is 10.4 Å². The summed E-state index contributed by atoms with van der Waals surface area (Å²) in [6, 6.07) is 1.91. The van der Waals surface area contributed by atoms with Crippen LogP contribution in [-0.4, -0.2) is 27.5 Å². The Morgan fingerprint density at radius 3 is 2.57 bits per heavy atom. The molecule has 1 aromatic rings. The third-order valence-electron chi connectivity index (χ3n) is 4.36. The van der Waals surface area contributed by atoms with E-state index in [9.17, 15) is 9.59 Å². The Bertz CT molecular complexity index is 676. The van der Waals surface area contributed by atoms with E-state index in [1.54, 1.807) is 10.8 Å². The molecule has 1 N–H and O–H groups in total. The highest BCUT2D eigenvalue weighted by Gasteiger charge is 2.27. The van der Waals surface area contributed by atoms with Gasteiger partial charge in [0.05, 0.1) is 11.8 Å². The molecule has 1 aliphatic rings. The van der Waals surface area contributed by atoms with E-state index in [1.807, 2.05) is 27.0 Å². The molecule has 2 rings (SSSR count). The van der Waals surface area contributed by atoms with Crippen LogP contribution in [-0.2, 0) is 16.6 Å². The summed E-state index contributed by atoms with van der Waals surface area (Å²) in [4.78, 5) is 24.3. The number of nitrogens with one attached hydrogen (secondary N) is 1. The Morgan fingerprint density at radius 2 is 2.04 bits per heavy atom. The van der Waals surface area contributed by atoms with Crippen molar-refractivity contribution in [2.75, 3.05) is 0 Å². The van der Waals surface area contributed by atoms with Crippen molar-refractivity contribution >= 4 is 17.8 Å². The van der Waals surface area contributed by atoms with Crippen LogP contribution in [0.1, 0.15) is 42.6 Å². The van der Waals surface area contributed by atoms with Gasteiger partial charge in [-0.15, -0.1) is 0 Å². The maximum atomic E-state index is 12.2. The molecular weight excluding hydrogens is 292 g/mol. The van der Waals surface area contributed by atoms with Crippen LogP contribution in [0, 0.1) is 31.1 Å². The molecular formula is C17H22N4O2. The van der Waals surface area contributed by atoms with Crippen molar-refractivity contribution in [2.24, 2.45) is 13.0 Å². The van der Waals surface area contributed by atoms with Crippen LogP contribution in [0.4, 0.5) is 0 Å². The highest BCUT2D eigenvalue weighted by atomic mass is 16.2. The van der Waals surface area contributed by atoms with E-state index in [0.29, 0.717) is 0 Å². The fraction of sp³-hybridized carbons (Fsp3) is 0.529. The number of carbonyl (C=O) groups is 2. The largest absolute Gasteiger partial charge is 0.352 e. The van der Waals surface area contributed by atoms with Crippen LogP contribution in [0.15, 0.2) is 6.08 Å². The zero-order chi connectivity index (χ0) is 17.0. The first-order valence-corrected chi connectivity index (χ1v) is 7.86. The normalized spacial score (nSPS) is 16.4. The average Bonchev–Trinajstić information content (AvgIpc) is 3.08. The van der Waals surface area contributed by atoms with E-state index >= 15 is 0 Å². The van der Waals surface area contributed by atoms with Gasteiger partial charge in [-0.2, -0.15) is 10.4 Å². The maximum absolute atomic E-state index is 12.2. The Morgan fingerprint density at radius 1 is 1.39 bits per heavy atom. The molecule has 0 aliphatic heterocycles. The predicted octanol–water partition coefficient (Wildman–Crippen LogP) is 1.82. The molecule has 0 radical (unpaired) electrons. The van der Waals surface area contributed by atoms with E-state index in [4.69, 9.17) is 5.26 Å². The van der Waals surface area contributed by atoms with E-state index < -0.39 is 17.6 Å². The molecule has 1 aromatic heterocycles. The van der Waals surface area contributed by atoms with Crippen molar-refractivity contribution < 1.29 is 9.59 Å². The van der Waals surface area contributed by atoms with Gasteiger partial charge in [-0.3, -0.25) is 14.3 Å². The van der Waals surface area contributed by atoms with Crippen molar-refractivity contribution in [3.05, 3.63) is 23.0 Å².